The third kappa shape index (κ3) is 3.16. The maximum atomic E-state index is 12.6. The molecule has 5 heteroatoms. The maximum absolute atomic E-state index is 12.6. The Balaban J connectivity index is 1.71. The Morgan fingerprint density at radius 1 is 1.18 bits per heavy atom. The summed E-state index contributed by atoms with van der Waals surface area (Å²) in [5, 5.41) is 2.63. The molecular formula is C12H14F3NS. The molecule has 0 unspecified atom stereocenters. The first-order chi connectivity index (χ1) is 8.04. The van der Waals surface area contributed by atoms with Crippen molar-refractivity contribution in [2.45, 2.75) is 29.5 Å². The highest BCUT2D eigenvalue weighted by Crippen LogP contribution is 2.48. The van der Waals surface area contributed by atoms with E-state index in [1.54, 1.807) is 11.8 Å². The van der Waals surface area contributed by atoms with E-state index >= 15 is 0 Å². The van der Waals surface area contributed by atoms with Crippen LogP contribution in [0.15, 0.2) is 35.2 Å². The Kier molecular flexibility index (Phi) is 3.68. The molecule has 1 aromatic carbocycles. The number of hydrogen-bond donors (Lipinski definition) is 1. The standard InChI is InChI=1S/C12H14F3NS/c13-12(14,15)11(6-7-11)16-8-9-17-10-4-2-1-3-5-10/h1-5,16H,6-9H2. The van der Waals surface area contributed by atoms with Crippen LogP contribution in [0.5, 0.6) is 0 Å². The summed E-state index contributed by atoms with van der Waals surface area (Å²) >= 11 is 1.57. The van der Waals surface area contributed by atoms with Crippen LogP contribution in [0.25, 0.3) is 0 Å². The van der Waals surface area contributed by atoms with E-state index in [2.05, 4.69) is 5.32 Å². The number of alkyl halides is 3. The number of benzene rings is 1. The van der Waals surface area contributed by atoms with Crippen molar-refractivity contribution in [2.24, 2.45) is 0 Å². The Morgan fingerprint density at radius 3 is 2.35 bits per heavy atom. The maximum Gasteiger partial charge on any atom is 0.406 e. The predicted molar refractivity (Wildman–Crippen MR) is 63.2 cm³/mol. The molecule has 1 N–H and O–H groups in total. The SMILES string of the molecule is FC(F)(F)C1(NCCSc2ccccc2)CC1. The highest BCUT2D eigenvalue weighted by atomic mass is 32.2. The van der Waals surface area contributed by atoms with Gasteiger partial charge in [-0.3, -0.25) is 0 Å². The van der Waals surface area contributed by atoms with Crippen molar-refractivity contribution in [1.29, 1.82) is 0 Å². The number of rotatable bonds is 5. The van der Waals surface area contributed by atoms with Gasteiger partial charge in [-0.1, -0.05) is 18.2 Å². The molecule has 0 saturated heterocycles. The van der Waals surface area contributed by atoms with Gasteiger partial charge in [0.05, 0.1) is 0 Å². The first-order valence-electron chi connectivity index (χ1n) is 5.53. The first-order valence-corrected chi connectivity index (χ1v) is 6.52. The Hall–Kier alpha value is -0.680. The summed E-state index contributed by atoms with van der Waals surface area (Å²) in [7, 11) is 0. The molecule has 0 atom stereocenters. The van der Waals surface area contributed by atoms with Gasteiger partial charge in [0.15, 0.2) is 0 Å². The van der Waals surface area contributed by atoms with Gasteiger partial charge in [0.1, 0.15) is 5.54 Å². The fraction of sp³-hybridized carbons (Fsp3) is 0.500. The van der Waals surface area contributed by atoms with Gasteiger partial charge in [0, 0.05) is 17.2 Å². The van der Waals surface area contributed by atoms with Gasteiger partial charge >= 0.3 is 6.18 Å². The Morgan fingerprint density at radius 2 is 1.82 bits per heavy atom. The molecule has 0 heterocycles. The molecule has 94 valence electrons. The highest BCUT2D eigenvalue weighted by Gasteiger charge is 2.62. The lowest BCUT2D eigenvalue weighted by Gasteiger charge is -2.20. The zero-order valence-electron chi connectivity index (χ0n) is 9.26. The summed E-state index contributed by atoms with van der Waals surface area (Å²) in [5.74, 6) is 0.655. The minimum atomic E-state index is -4.11. The van der Waals surface area contributed by atoms with Crippen LogP contribution in [0.1, 0.15) is 12.8 Å². The first kappa shape index (κ1) is 12.8. The van der Waals surface area contributed by atoms with Crippen LogP contribution in [-0.2, 0) is 0 Å². The van der Waals surface area contributed by atoms with Gasteiger partial charge < -0.3 is 5.32 Å². The van der Waals surface area contributed by atoms with Crippen LogP contribution < -0.4 is 5.32 Å². The number of halogens is 3. The van der Waals surface area contributed by atoms with Crippen molar-refractivity contribution in [3.8, 4) is 0 Å². The van der Waals surface area contributed by atoms with Crippen molar-refractivity contribution < 1.29 is 13.2 Å². The van der Waals surface area contributed by atoms with Crippen LogP contribution in [0.3, 0.4) is 0 Å². The van der Waals surface area contributed by atoms with Crippen molar-refractivity contribution >= 4 is 11.8 Å². The van der Waals surface area contributed by atoms with Crippen LogP contribution in [0, 0.1) is 0 Å². The van der Waals surface area contributed by atoms with Crippen LogP contribution in [0.2, 0.25) is 0 Å². The average Bonchev–Trinajstić information content (AvgIpc) is 3.06. The van der Waals surface area contributed by atoms with Gasteiger partial charge in [0.2, 0.25) is 0 Å². The van der Waals surface area contributed by atoms with E-state index in [1.165, 1.54) is 0 Å². The topological polar surface area (TPSA) is 12.0 Å². The normalized spacial score (nSPS) is 18.1. The molecule has 0 bridgehead atoms. The van der Waals surface area contributed by atoms with E-state index in [0.717, 1.165) is 4.90 Å². The molecule has 1 saturated carbocycles. The van der Waals surface area contributed by atoms with Gasteiger partial charge in [-0.25, -0.2) is 0 Å². The molecule has 1 aliphatic rings. The van der Waals surface area contributed by atoms with E-state index in [0.29, 0.717) is 12.3 Å². The summed E-state index contributed by atoms with van der Waals surface area (Å²) in [6.45, 7) is 0.388. The van der Waals surface area contributed by atoms with Gasteiger partial charge in [-0.05, 0) is 25.0 Å². The van der Waals surface area contributed by atoms with Crippen molar-refractivity contribution in [3.63, 3.8) is 0 Å². The fourth-order valence-electron chi connectivity index (χ4n) is 1.66. The molecule has 0 aromatic heterocycles. The number of nitrogens with one attached hydrogen (secondary N) is 1. The van der Waals surface area contributed by atoms with E-state index in [4.69, 9.17) is 0 Å². The second-order valence-corrected chi connectivity index (χ2v) is 5.34. The fourth-order valence-corrected chi connectivity index (χ4v) is 2.45. The van der Waals surface area contributed by atoms with Crippen LogP contribution >= 0.6 is 11.8 Å². The second-order valence-electron chi connectivity index (χ2n) is 4.17. The number of hydrogen-bond acceptors (Lipinski definition) is 2. The van der Waals surface area contributed by atoms with Crippen molar-refractivity contribution in [2.75, 3.05) is 12.3 Å². The third-order valence-electron chi connectivity index (χ3n) is 2.87. The second kappa shape index (κ2) is 4.90. The molecule has 0 radical (unpaired) electrons. The molecule has 1 aliphatic carbocycles. The van der Waals surface area contributed by atoms with Crippen molar-refractivity contribution in [3.05, 3.63) is 30.3 Å². The van der Waals surface area contributed by atoms with Crippen LogP contribution in [0.4, 0.5) is 13.2 Å². The predicted octanol–water partition coefficient (Wildman–Crippen LogP) is 3.46. The molecule has 0 aliphatic heterocycles. The molecule has 17 heavy (non-hydrogen) atoms. The van der Waals surface area contributed by atoms with Gasteiger partial charge in [-0.2, -0.15) is 13.2 Å². The molecule has 1 aromatic rings. The minimum absolute atomic E-state index is 0.215. The highest BCUT2D eigenvalue weighted by molar-refractivity contribution is 7.99. The molecular weight excluding hydrogens is 247 g/mol. The quantitative estimate of drug-likeness (QED) is 0.643. The minimum Gasteiger partial charge on any atom is -0.303 e. The zero-order valence-corrected chi connectivity index (χ0v) is 10.1. The molecule has 1 nitrogen and oxygen atoms in total. The summed E-state index contributed by atoms with van der Waals surface area (Å²) in [6, 6.07) is 9.69. The Labute approximate surface area is 103 Å². The monoisotopic (exact) mass is 261 g/mol. The van der Waals surface area contributed by atoms with Gasteiger partial charge in [-0.15, -0.1) is 11.8 Å². The van der Waals surface area contributed by atoms with Crippen LogP contribution in [-0.4, -0.2) is 24.0 Å². The lowest BCUT2D eigenvalue weighted by atomic mass is 10.2. The summed E-state index contributed by atoms with van der Waals surface area (Å²) in [6.07, 6.45) is -3.68. The summed E-state index contributed by atoms with van der Waals surface area (Å²) in [4.78, 5) is 1.09. The van der Waals surface area contributed by atoms with E-state index < -0.39 is 11.7 Å². The van der Waals surface area contributed by atoms with E-state index in [9.17, 15) is 13.2 Å². The third-order valence-corrected chi connectivity index (χ3v) is 3.88. The smallest absolute Gasteiger partial charge is 0.303 e. The van der Waals surface area contributed by atoms with E-state index in [-0.39, 0.29) is 12.8 Å². The number of thioether (sulfide) groups is 1. The van der Waals surface area contributed by atoms with E-state index in [1.807, 2.05) is 30.3 Å². The molecule has 1 fully saturated rings. The molecule has 0 spiro atoms. The zero-order chi connectivity index (χ0) is 12.4. The largest absolute Gasteiger partial charge is 0.406 e. The van der Waals surface area contributed by atoms with Crippen molar-refractivity contribution in [1.82, 2.24) is 5.32 Å². The molecule has 0 amide bonds. The average molecular weight is 261 g/mol. The summed E-state index contributed by atoms with van der Waals surface area (Å²) < 4.78 is 37.7. The Bertz CT molecular complexity index is 360. The summed E-state index contributed by atoms with van der Waals surface area (Å²) in [5.41, 5.74) is -1.58. The molecule has 2 rings (SSSR count). The lowest BCUT2D eigenvalue weighted by molar-refractivity contribution is -0.165. The lowest BCUT2D eigenvalue weighted by Crippen LogP contribution is -2.45. The van der Waals surface area contributed by atoms with Gasteiger partial charge in [0.25, 0.3) is 0 Å².